The normalized spacial score (nSPS) is 18.3. The highest BCUT2D eigenvalue weighted by molar-refractivity contribution is 5.88. The Morgan fingerprint density at radius 2 is 2.04 bits per heavy atom. The third kappa shape index (κ3) is 2.32. The molecule has 4 rings (SSSR count). The molecule has 2 saturated carbocycles. The van der Waals surface area contributed by atoms with Gasteiger partial charge < -0.3 is 10.8 Å². The van der Waals surface area contributed by atoms with Crippen molar-refractivity contribution >= 4 is 23.9 Å². The summed E-state index contributed by atoms with van der Waals surface area (Å²) in [7, 11) is 0. The van der Waals surface area contributed by atoms with Crippen molar-refractivity contribution in [2.45, 2.75) is 44.1 Å². The lowest BCUT2D eigenvalue weighted by Gasteiger charge is -2.19. The third-order valence-electron chi connectivity index (χ3n) is 5.01. The first-order valence-corrected chi connectivity index (χ1v) is 7.74. The Morgan fingerprint density at radius 3 is 2.54 bits per heavy atom. The standard InChI is InChI=1S/C17H17FN2O3.ClH/c1-8-13(17(19)4-5-17)12(18)7-20-14(8)10(9-2-3-9)6-11(15(20)21)16(22)23;/h6-7,9H,2-5,19H2,1H3,(H,22,23);1H. The van der Waals surface area contributed by atoms with Gasteiger partial charge in [-0.2, -0.15) is 0 Å². The molecule has 0 amide bonds. The van der Waals surface area contributed by atoms with E-state index in [-0.39, 0.29) is 23.9 Å². The SMILES string of the molecule is Cc1c(C2(N)CC2)c(F)cn2c(=O)c(C(=O)O)cc(C3CC3)c12.Cl. The Bertz CT molecular complexity index is 930. The van der Waals surface area contributed by atoms with E-state index in [2.05, 4.69) is 0 Å². The minimum Gasteiger partial charge on any atom is -0.477 e. The van der Waals surface area contributed by atoms with Gasteiger partial charge in [0, 0.05) is 17.3 Å². The number of nitrogens with zero attached hydrogens (tertiary/aromatic N) is 1. The maximum atomic E-state index is 14.6. The number of hydrogen-bond acceptors (Lipinski definition) is 3. The summed E-state index contributed by atoms with van der Waals surface area (Å²) in [6, 6.07) is 1.46. The molecule has 0 unspecified atom stereocenters. The average Bonchev–Trinajstić information content (AvgIpc) is 3.36. The van der Waals surface area contributed by atoms with Gasteiger partial charge in [0.2, 0.25) is 0 Å². The topological polar surface area (TPSA) is 84.8 Å². The first kappa shape index (κ1) is 16.9. The number of carboxylic acid groups (broad SMARTS) is 1. The van der Waals surface area contributed by atoms with E-state index >= 15 is 0 Å². The van der Waals surface area contributed by atoms with Gasteiger partial charge in [-0.1, -0.05) is 0 Å². The van der Waals surface area contributed by atoms with Crippen LogP contribution in [-0.4, -0.2) is 15.5 Å². The number of aryl methyl sites for hydroxylation is 1. The molecule has 2 aromatic rings. The van der Waals surface area contributed by atoms with Crippen molar-refractivity contribution < 1.29 is 14.3 Å². The summed E-state index contributed by atoms with van der Waals surface area (Å²) >= 11 is 0. The van der Waals surface area contributed by atoms with Gasteiger partial charge in [-0.15, -0.1) is 12.4 Å². The molecule has 2 fully saturated rings. The zero-order valence-corrected chi connectivity index (χ0v) is 14.0. The van der Waals surface area contributed by atoms with Crippen molar-refractivity contribution in [1.82, 2.24) is 4.40 Å². The van der Waals surface area contributed by atoms with E-state index in [1.807, 2.05) is 0 Å². The van der Waals surface area contributed by atoms with Crippen LogP contribution in [0, 0.1) is 12.7 Å². The van der Waals surface area contributed by atoms with E-state index in [9.17, 15) is 19.1 Å². The smallest absolute Gasteiger partial charge is 0.341 e. The molecule has 0 spiro atoms. The minimum absolute atomic E-state index is 0. The van der Waals surface area contributed by atoms with Crippen molar-refractivity contribution in [3.8, 4) is 0 Å². The number of halogens is 2. The first-order valence-electron chi connectivity index (χ1n) is 7.74. The molecule has 0 bridgehead atoms. The summed E-state index contributed by atoms with van der Waals surface area (Å²) in [5.41, 5.74) is 7.07. The molecule has 3 N–H and O–H groups in total. The molecular formula is C17H18ClFN2O3. The van der Waals surface area contributed by atoms with Gasteiger partial charge in [0.25, 0.3) is 5.56 Å². The molecular weight excluding hydrogens is 335 g/mol. The molecule has 2 aliphatic carbocycles. The average molecular weight is 353 g/mol. The summed E-state index contributed by atoms with van der Waals surface area (Å²) in [4.78, 5) is 23.8. The molecule has 0 saturated heterocycles. The van der Waals surface area contributed by atoms with Crippen molar-refractivity contribution in [3.05, 3.63) is 50.7 Å². The number of carboxylic acids is 1. The molecule has 24 heavy (non-hydrogen) atoms. The monoisotopic (exact) mass is 352 g/mol. The summed E-state index contributed by atoms with van der Waals surface area (Å²) in [6.07, 6.45) is 4.44. The Labute approximate surface area is 143 Å². The minimum atomic E-state index is -1.29. The molecule has 2 heterocycles. The van der Waals surface area contributed by atoms with Gasteiger partial charge in [-0.05, 0) is 55.7 Å². The van der Waals surface area contributed by atoms with E-state index < -0.39 is 22.9 Å². The fraction of sp³-hybridized carbons (Fsp3) is 0.412. The van der Waals surface area contributed by atoms with Gasteiger partial charge in [0.1, 0.15) is 11.4 Å². The van der Waals surface area contributed by atoms with Crippen LogP contribution < -0.4 is 11.3 Å². The molecule has 0 aliphatic heterocycles. The van der Waals surface area contributed by atoms with Gasteiger partial charge in [-0.25, -0.2) is 9.18 Å². The molecule has 7 heteroatoms. The van der Waals surface area contributed by atoms with Gasteiger partial charge in [0.05, 0.1) is 5.52 Å². The van der Waals surface area contributed by atoms with Crippen molar-refractivity contribution in [1.29, 1.82) is 0 Å². The van der Waals surface area contributed by atoms with E-state index in [0.717, 1.165) is 41.8 Å². The van der Waals surface area contributed by atoms with E-state index in [1.54, 1.807) is 6.92 Å². The number of carbonyl (C=O) groups is 1. The number of fused-ring (bicyclic) bond motifs is 1. The Balaban J connectivity index is 0.00000169. The molecule has 5 nitrogen and oxygen atoms in total. The Morgan fingerprint density at radius 1 is 1.42 bits per heavy atom. The van der Waals surface area contributed by atoms with Crippen molar-refractivity contribution in [2.24, 2.45) is 5.73 Å². The fourth-order valence-electron chi connectivity index (χ4n) is 3.51. The van der Waals surface area contributed by atoms with Crippen LogP contribution in [0.4, 0.5) is 4.39 Å². The number of hydrogen-bond donors (Lipinski definition) is 2. The quantitative estimate of drug-likeness (QED) is 0.889. The zero-order valence-electron chi connectivity index (χ0n) is 13.1. The summed E-state index contributed by atoms with van der Waals surface area (Å²) in [5.74, 6) is -1.60. The van der Waals surface area contributed by atoms with Crippen LogP contribution in [0.5, 0.6) is 0 Å². The molecule has 0 atom stereocenters. The number of rotatable bonds is 3. The highest BCUT2D eigenvalue weighted by atomic mass is 35.5. The third-order valence-corrected chi connectivity index (χ3v) is 5.01. The highest BCUT2D eigenvalue weighted by Gasteiger charge is 2.44. The van der Waals surface area contributed by atoms with Crippen LogP contribution in [0.15, 0.2) is 17.1 Å². The lowest BCUT2D eigenvalue weighted by atomic mass is 9.95. The lowest BCUT2D eigenvalue weighted by Crippen LogP contribution is -2.27. The van der Waals surface area contributed by atoms with Gasteiger partial charge in [0.15, 0.2) is 0 Å². The molecule has 0 radical (unpaired) electrons. The van der Waals surface area contributed by atoms with E-state index in [1.165, 1.54) is 6.07 Å². The fourth-order valence-corrected chi connectivity index (χ4v) is 3.51. The Kier molecular flexibility index (Phi) is 3.73. The number of pyridine rings is 2. The first-order chi connectivity index (χ1) is 10.8. The van der Waals surface area contributed by atoms with Crippen LogP contribution in [0.3, 0.4) is 0 Å². The van der Waals surface area contributed by atoms with E-state index in [0.29, 0.717) is 16.6 Å². The summed E-state index contributed by atoms with van der Waals surface area (Å²) in [5, 5.41) is 9.26. The highest BCUT2D eigenvalue weighted by Crippen LogP contribution is 2.48. The van der Waals surface area contributed by atoms with Crippen molar-refractivity contribution in [3.63, 3.8) is 0 Å². The Hall–Kier alpha value is -1.92. The van der Waals surface area contributed by atoms with Crippen LogP contribution in [-0.2, 0) is 5.54 Å². The lowest BCUT2D eigenvalue weighted by molar-refractivity contribution is 0.0694. The van der Waals surface area contributed by atoms with Crippen LogP contribution >= 0.6 is 12.4 Å². The second-order valence-electron chi connectivity index (χ2n) is 6.75. The van der Waals surface area contributed by atoms with E-state index in [4.69, 9.17) is 5.73 Å². The maximum absolute atomic E-state index is 14.6. The second-order valence-corrected chi connectivity index (χ2v) is 6.75. The summed E-state index contributed by atoms with van der Waals surface area (Å²) in [6.45, 7) is 1.77. The van der Waals surface area contributed by atoms with Gasteiger partial charge >= 0.3 is 5.97 Å². The largest absolute Gasteiger partial charge is 0.477 e. The predicted molar refractivity (Wildman–Crippen MR) is 89.6 cm³/mol. The van der Waals surface area contributed by atoms with Gasteiger partial charge in [-0.3, -0.25) is 9.20 Å². The van der Waals surface area contributed by atoms with Crippen LogP contribution in [0.1, 0.15) is 58.6 Å². The molecule has 2 aliphatic rings. The number of aromatic nitrogens is 1. The van der Waals surface area contributed by atoms with Crippen LogP contribution in [0.25, 0.3) is 5.52 Å². The molecule has 128 valence electrons. The number of nitrogens with two attached hydrogens (primary N) is 1. The van der Waals surface area contributed by atoms with Crippen LogP contribution in [0.2, 0.25) is 0 Å². The zero-order chi connectivity index (χ0) is 16.5. The van der Waals surface area contributed by atoms with Crippen molar-refractivity contribution in [2.75, 3.05) is 0 Å². The molecule has 2 aromatic heterocycles. The second kappa shape index (κ2) is 5.29. The number of aromatic carboxylic acids is 1. The maximum Gasteiger partial charge on any atom is 0.341 e. The predicted octanol–water partition coefficient (Wildman–Crippen LogP) is 2.69. The molecule has 0 aromatic carbocycles. The summed E-state index contributed by atoms with van der Waals surface area (Å²) < 4.78 is 15.7.